The molecule has 0 spiro atoms. The molecular formula is C19H25Cl2N3O. The molecule has 3 rings (SSSR count). The fraction of sp³-hybridized carbons (Fsp3) is 0.368. The van der Waals surface area contributed by atoms with Crippen LogP contribution in [0, 0.1) is 12.8 Å². The molecule has 0 radical (unpaired) electrons. The summed E-state index contributed by atoms with van der Waals surface area (Å²) in [5.74, 6) is 0.192. The van der Waals surface area contributed by atoms with Crippen LogP contribution in [-0.2, 0) is 11.2 Å². The summed E-state index contributed by atoms with van der Waals surface area (Å²) < 4.78 is 0. The van der Waals surface area contributed by atoms with E-state index in [2.05, 4.69) is 46.8 Å². The molecule has 4 nitrogen and oxygen atoms in total. The molecule has 1 aliphatic heterocycles. The summed E-state index contributed by atoms with van der Waals surface area (Å²) in [4.78, 5) is 16.9. The van der Waals surface area contributed by atoms with Gasteiger partial charge in [0.15, 0.2) is 0 Å². The average molecular weight is 382 g/mol. The molecule has 0 aliphatic carbocycles. The second kappa shape index (κ2) is 10.4. The van der Waals surface area contributed by atoms with Gasteiger partial charge in [0.1, 0.15) is 0 Å². The van der Waals surface area contributed by atoms with E-state index in [1.165, 1.54) is 11.1 Å². The van der Waals surface area contributed by atoms with Gasteiger partial charge in [-0.15, -0.1) is 24.8 Å². The van der Waals surface area contributed by atoms with Crippen LogP contribution < -0.4 is 10.6 Å². The third kappa shape index (κ3) is 5.99. The lowest BCUT2D eigenvalue weighted by atomic mass is 10.00. The average Bonchev–Trinajstić information content (AvgIpc) is 3.12. The van der Waals surface area contributed by atoms with E-state index in [9.17, 15) is 4.79 Å². The van der Waals surface area contributed by atoms with E-state index in [-0.39, 0.29) is 42.7 Å². The number of nitrogens with zero attached hydrogens (tertiary/aromatic N) is 1. The molecule has 0 bridgehead atoms. The molecule has 1 aromatic carbocycles. The fourth-order valence-corrected chi connectivity index (χ4v) is 2.94. The summed E-state index contributed by atoms with van der Waals surface area (Å²) in [6.07, 6.45) is 3.44. The van der Waals surface area contributed by atoms with Gasteiger partial charge in [-0.25, -0.2) is 0 Å². The van der Waals surface area contributed by atoms with Gasteiger partial charge in [0.25, 0.3) is 0 Å². The van der Waals surface area contributed by atoms with Crippen LogP contribution in [0.2, 0.25) is 0 Å². The molecule has 0 saturated carbocycles. The minimum Gasteiger partial charge on any atom is -0.347 e. The largest absolute Gasteiger partial charge is 0.347 e. The molecule has 136 valence electrons. The van der Waals surface area contributed by atoms with Gasteiger partial charge in [0, 0.05) is 12.7 Å². The summed E-state index contributed by atoms with van der Waals surface area (Å²) >= 11 is 0. The van der Waals surface area contributed by atoms with Gasteiger partial charge in [-0.3, -0.25) is 9.78 Å². The van der Waals surface area contributed by atoms with Crippen LogP contribution in [0.25, 0.3) is 0 Å². The summed E-state index contributed by atoms with van der Waals surface area (Å²) in [5, 5.41) is 6.44. The Morgan fingerprint density at radius 2 is 2.00 bits per heavy atom. The van der Waals surface area contributed by atoms with Crippen molar-refractivity contribution in [1.82, 2.24) is 15.6 Å². The molecule has 25 heavy (non-hydrogen) atoms. The lowest BCUT2D eigenvalue weighted by Gasteiger charge is -2.20. The number of hydrogen-bond donors (Lipinski definition) is 2. The first kappa shape index (κ1) is 21.4. The van der Waals surface area contributed by atoms with Crippen LogP contribution in [-0.4, -0.2) is 24.0 Å². The zero-order valence-corrected chi connectivity index (χ0v) is 15.9. The first-order chi connectivity index (χ1) is 11.2. The van der Waals surface area contributed by atoms with Crippen LogP contribution in [0.1, 0.15) is 29.3 Å². The van der Waals surface area contributed by atoms with Crippen molar-refractivity contribution in [2.24, 2.45) is 5.92 Å². The first-order valence-corrected chi connectivity index (χ1v) is 8.20. The van der Waals surface area contributed by atoms with E-state index in [0.29, 0.717) is 0 Å². The normalized spacial score (nSPS) is 17.1. The SMILES string of the molecule is Cc1ccc(CC(NC(=O)C2CCNC2)c2ccccn2)cc1.Cl.Cl. The van der Waals surface area contributed by atoms with E-state index in [1.807, 2.05) is 18.2 Å². The summed E-state index contributed by atoms with van der Waals surface area (Å²) in [7, 11) is 0. The highest BCUT2D eigenvalue weighted by Gasteiger charge is 2.25. The van der Waals surface area contributed by atoms with E-state index in [1.54, 1.807) is 6.20 Å². The number of halogens is 2. The molecule has 1 amide bonds. The van der Waals surface area contributed by atoms with Crippen molar-refractivity contribution >= 4 is 30.7 Å². The molecule has 6 heteroatoms. The number of carbonyl (C=O) groups excluding carboxylic acids is 1. The van der Waals surface area contributed by atoms with Gasteiger partial charge in [-0.05, 0) is 44.0 Å². The van der Waals surface area contributed by atoms with Gasteiger partial charge < -0.3 is 10.6 Å². The third-order valence-corrected chi connectivity index (χ3v) is 4.35. The Morgan fingerprint density at radius 3 is 2.60 bits per heavy atom. The third-order valence-electron chi connectivity index (χ3n) is 4.35. The molecular weight excluding hydrogens is 357 g/mol. The van der Waals surface area contributed by atoms with E-state index in [0.717, 1.165) is 31.6 Å². The van der Waals surface area contributed by atoms with Crippen LogP contribution in [0.15, 0.2) is 48.7 Å². The first-order valence-electron chi connectivity index (χ1n) is 8.20. The summed E-state index contributed by atoms with van der Waals surface area (Å²) in [5.41, 5.74) is 3.35. The number of aromatic nitrogens is 1. The van der Waals surface area contributed by atoms with Crippen molar-refractivity contribution < 1.29 is 4.79 Å². The topological polar surface area (TPSA) is 54.0 Å². The van der Waals surface area contributed by atoms with Gasteiger partial charge in [0.2, 0.25) is 5.91 Å². The standard InChI is InChI=1S/C19H23N3O.2ClH/c1-14-5-7-15(8-6-14)12-18(17-4-2-3-10-21-17)22-19(23)16-9-11-20-13-16;;/h2-8,10,16,18,20H,9,11-13H2,1H3,(H,22,23);2*1H. The number of rotatable bonds is 5. The molecule has 2 atom stereocenters. The second-order valence-electron chi connectivity index (χ2n) is 6.20. The predicted octanol–water partition coefficient (Wildman–Crippen LogP) is 3.24. The van der Waals surface area contributed by atoms with E-state index in [4.69, 9.17) is 0 Å². The summed E-state index contributed by atoms with van der Waals surface area (Å²) in [6, 6.07) is 14.2. The molecule has 1 saturated heterocycles. The van der Waals surface area contributed by atoms with Crippen LogP contribution in [0.4, 0.5) is 0 Å². The Bertz CT molecular complexity index is 643. The molecule has 2 unspecified atom stereocenters. The van der Waals surface area contributed by atoms with Gasteiger partial charge in [-0.1, -0.05) is 35.9 Å². The Hall–Kier alpha value is -1.62. The minimum atomic E-state index is -0.0907. The number of aryl methyl sites for hydroxylation is 1. The van der Waals surface area contributed by atoms with E-state index >= 15 is 0 Å². The number of nitrogens with one attached hydrogen (secondary N) is 2. The quantitative estimate of drug-likeness (QED) is 0.835. The molecule has 1 fully saturated rings. The highest BCUT2D eigenvalue weighted by molar-refractivity contribution is 5.85. The molecule has 1 aliphatic rings. The highest BCUT2D eigenvalue weighted by Crippen LogP contribution is 2.19. The predicted molar refractivity (Wildman–Crippen MR) is 105 cm³/mol. The lowest BCUT2D eigenvalue weighted by molar-refractivity contribution is -0.125. The fourth-order valence-electron chi connectivity index (χ4n) is 2.94. The second-order valence-corrected chi connectivity index (χ2v) is 6.20. The molecule has 2 N–H and O–H groups in total. The van der Waals surface area contributed by atoms with Crippen molar-refractivity contribution in [3.63, 3.8) is 0 Å². The zero-order valence-electron chi connectivity index (χ0n) is 14.3. The molecule has 2 aromatic rings. The number of carbonyl (C=O) groups is 1. The Kier molecular flexibility index (Phi) is 8.90. The van der Waals surface area contributed by atoms with Crippen molar-refractivity contribution in [3.8, 4) is 0 Å². The maximum absolute atomic E-state index is 12.5. The Morgan fingerprint density at radius 1 is 1.24 bits per heavy atom. The zero-order chi connectivity index (χ0) is 16.1. The highest BCUT2D eigenvalue weighted by atomic mass is 35.5. The number of amides is 1. The molecule has 1 aromatic heterocycles. The Balaban J connectivity index is 0.00000156. The smallest absolute Gasteiger partial charge is 0.224 e. The van der Waals surface area contributed by atoms with Crippen molar-refractivity contribution in [2.75, 3.05) is 13.1 Å². The lowest BCUT2D eigenvalue weighted by Crippen LogP contribution is -2.36. The maximum atomic E-state index is 12.5. The van der Waals surface area contributed by atoms with Crippen LogP contribution in [0.3, 0.4) is 0 Å². The maximum Gasteiger partial charge on any atom is 0.224 e. The van der Waals surface area contributed by atoms with E-state index < -0.39 is 0 Å². The number of benzene rings is 1. The van der Waals surface area contributed by atoms with Gasteiger partial charge in [-0.2, -0.15) is 0 Å². The monoisotopic (exact) mass is 381 g/mol. The van der Waals surface area contributed by atoms with Crippen molar-refractivity contribution in [3.05, 3.63) is 65.5 Å². The minimum absolute atomic E-state index is 0. The van der Waals surface area contributed by atoms with Crippen molar-refractivity contribution in [1.29, 1.82) is 0 Å². The van der Waals surface area contributed by atoms with Crippen LogP contribution in [0.5, 0.6) is 0 Å². The number of pyridine rings is 1. The number of hydrogen-bond acceptors (Lipinski definition) is 3. The molecule has 2 heterocycles. The summed E-state index contributed by atoms with van der Waals surface area (Å²) in [6.45, 7) is 3.77. The van der Waals surface area contributed by atoms with Gasteiger partial charge in [0.05, 0.1) is 17.7 Å². The Labute approximate surface area is 161 Å². The van der Waals surface area contributed by atoms with Crippen molar-refractivity contribution in [2.45, 2.75) is 25.8 Å². The van der Waals surface area contributed by atoms with Gasteiger partial charge >= 0.3 is 0 Å². The van der Waals surface area contributed by atoms with Crippen LogP contribution >= 0.6 is 24.8 Å².